The number of hydrogen-bond acceptors (Lipinski definition) is 2. The van der Waals surface area contributed by atoms with Crippen LogP contribution in [0, 0.1) is 13.8 Å². The molecule has 1 spiro atoms. The molecule has 1 aromatic rings. The van der Waals surface area contributed by atoms with Crippen molar-refractivity contribution < 1.29 is 4.74 Å². The normalized spacial score (nSPS) is 25.9. The summed E-state index contributed by atoms with van der Waals surface area (Å²) < 4.78 is 8.57. The summed E-state index contributed by atoms with van der Waals surface area (Å²) in [4.78, 5) is 0. The van der Waals surface area contributed by atoms with Gasteiger partial charge >= 0.3 is 0 Å². The number of aryl methyl sites for hydroxylation is 2. The molecule has 1 N–H and O–H groups in total. The van der Waals surface area contributed by atoms with E-state index in [0.717, 1.165) is 6.54 Å². The second-order valence-electron chi connectivity index (χ2n) is 6.34. The Kier molecular flexibility index (Phi) is 3.57. The fourth-order valence-electron chi connectivity index (χ4n) is 3.71. The Morgan fingerprint density at radius 3 is 2.53 bits per heavy atom. The first kappa shape index (κ1) is 13.0. The van der Waals surface area contributed by atoms with Gasteiger partial charge in [0.05, 0.1) is 18.2 Å². The molecule has 3 heteroatoms. The minimum atomic E-state index is 0.241. The van der Waals surface area contributed by atoms with E-state index in [1.165, 1.54) is 56.3 Å². The standard InChI is InChI=1S/C16H26N2O/c1-13-6-7-14(2)18(13)17-12-15-8-11-16(19-15)9-4-3-5-10-16/h6-7,15,17H,3-5,8-12H2,1-2H3. The number of hydrogen-bond donors (Lipinski definition) is 1. The van der Waals surface area contributed by atoms with Crippen LogP contribution in [0.4, 0.5) is 0 Å². The number of ether oxygens (including phenoxy) is 1. The molecular formula is C16H26N2O. The quantitative estimate of drug-likeness (QED) is 0.902. The van der Waals surface area contributed by atoms with E-state index >= 15 is 0 Å². The molecular weight excluding hydrogens is 236 g/mol. The lowest BCUT2D eigenvalue weighted by Crippen LogP contribution is -2.34. The highest BCUT2D eigenvalue weighted by Gasteiger charge is 2.40. The van der Waals surface area contributed by atoms with Gasteiger partial charge in [-0.3, -0.25) is 4.68 Å². The van der Waals surface area contributed by atoms with Crippen molar-refractivity contribution in [3.63, 3.8) is 0 Å². The average molecular weight is 262 g/mol. The molecule has 2 fully saturated rings. The molecule has 3 rings (SSSR count). The van der Waals surface area contributed by atoms with Crippen molar-refractivity contribution in [3.8, 4) is 0 Å². The minimum absolute atomic E-state index is 0.241. The van der Waals surface area contributed by atoms with Gasteiger partial charge in [0.15, 0.2) is 0 Å². The van der Waals surface area contributed by atoms with Crippen LogP contribution < -0.4 is 5.43 Å². The van der Waals surface area contributed by atoms with Gasteiger partial charge in [0.25, 0.3) is 0 Å². The van der Waals surface area contributed by atoms with E-state index in [9.17, 15) is 0 Å². The molecule has 0 bridgehead atoms. The van der Waals surface area contributed by atoms with E-state index in [1.54, 1.807) is 0 Å². The highest BCUT2D eigenvalue weighted by Crippen LogP contribution is 2.41. The van der Waals surface area contributed by atoms with Crippen LogP contribution in [0.3, 0.4) is 0 Å². The van der Waals surface area contributed by atoms with Gasteiger partial charge in [-0.05, 0) is 51.7 Å². The van der Waals surface area contributed by atoms with Crippen molar-refractivity contribution in [3.05, 3.63) is 23.5 Å². The van der Waals surface area contributed by atoms with E-state index < -0.39 is 0 Å². The van der Waals surface area contributed by atoms with E-state index in [-0.39, 0.29) is 5.60 Å². The largest absolute Gasteiger partial charge is 0.370 e. The number of nitrogens with one attached hydrogen (secondary N) is 1. The topological polar surface area (TPSA) is 26.2 Å². The molecule has 1 saturated heterocycles. The highest BCUT2D eigenvalue weighted by atomic mass is 16.5. The van der Waals surface area contributed by atoms with Crippen LogP contribution in [0.1, 0.15) is 56.3 Å². The van der Waals surface area contributed by atoms with Crippen molar-refractivity contribution in [2.45, 2.75) is 70.5 Å². The molecule has 0 radical (unpaired) electrons. The van der Waals surface area contributed by atoms with Crippen LogP contribution in [0.15, 0.2) is 12.1 Å². The Hall–Kier alpha value is -0.960. The summed E-state index contributed by atoms with van der Waals surface area (Å²) in [5.41, 5.74) is 6.29. The molecule has 0 amide bonds. The maximum atomic E-state index is 6.39. The maximum Gasteiger partial charge on any atom is 0.0772 e. The monoisotopic (exact) mass is 262 g/mol. The molecule has 1 aromatic heterocycles. The Morgan fingerprint density at radius 1 is 1.16 bits per heavy atom. The average Bonchev–Trinajstić information content (AvgIpc) is 2.94. The summed E-state index contributed by atoms with van der Waals surface area (Å²) in [6.07, 6.45) is 9.55. The predicted molar refractivity (Wildman–Crippen MR) is 78.1 cm³/mol. The van der Waals surface area contributed by atoms with Crippen molar-refractivity contribution in [1.29, 1.82) is 0 Å². The predicted octanol–water partition coefficient (Wildman–Crippen LogP) is 3.53. The molecule has 19 heavy (non-hydrogen) atoms. The zero-order chi connectivity index (χ0) is 13.3. The second kappa shape index (κ2) is 5.20. The summed E-state index contributed by atoms with van der Waals surface area (Å²) in [5.74, 6) is 0. The van der Waals surface area contributed by atoms with Crippen LogP contribution >= 0.6 is 0 Å². The van der Waals surface area contributed by atoms with Gasteiger partial charge in [-0.2, -0.15) is 0 Å². The van der Waals surface area contributed by atoms with Crippen molar-refractivity contribution in [2.24, 2.45) is 0 Å². The van der Waals surface area contributed by atoms with Gasteiger partial charge < -0.3 is 10.2 Å². The first-order valence-electron chi connectivity index (χ1n) is 7.75. The Bertz CT molecular complexity index is 412. The SMILES string of the molecule is Cc1ccc(C)n1NCC1CCC2(CCCCC2)O1. The Morgan fingerprint density at radius 2 is 1.84 bits per heavy atom. The zero-order valence-corrected chi connectivity index (χ0v) is 12.2. The third-order valence-electron chi connectivity index (χ3n) is 4.85. The van der Waals surface area contributed by atoms with E-state index in [2.05, 4.69) is 36.1 Å². The lowest BCUT2D eigenvalue weighted by Gasteiger charge is -2.33. The Labute approximate surface area is 116 Å². The summed E-state index contributed by atoms with van der Waals surface area (Å²) >= 11 is 0. The minimum Gasteiger partial charge on any atom is -0.370 e. The summed E-state index contributed by atoms with van der Waals surface area (Å²) in [5, 5.41) is 0. The van der Waals surface area contributed by atoms with Crippen LogP contribution in [-0.4, -0.2) is 22.9 Å². The zero-order valence-electron chi connectivity index (χ0n) is 12.2. The third-order valence-corrected chi connectivity index (χ3v) is 4.85. The van der Waals surface area contributed by atoms with Crippen molar-refractivity contribution in [1.82, 2.24) is 4.68 Å². The molecule has 1 aliphatic carbocycles. The molecule has 2 aliphatic rings. The third kappa shape index (κ3) is 2.66. The van der Waals surface area contributed by atoms with Crippen LogP contribution in [-0.2, 0) is 4.74 Å². The summed E-state index contributed by atoms with van der Waals surface area (Å²) in [7, 11) is 0. The molecule has 1 unspecified atom stereocenters. The van der Waals surface area contributed by atoms with Crippen molar-refractivity contribution >= 4 is 0 Å². The van der Waals surface area contributed by atoms with Gasteiger partial charge in [0.2, 0.25) is 0 Å². The fourth-order valence-corrected chi connectivity index (χ4v) is 3.71. The van der Waals surface area contributed by atoms with E-state index in [1.807, 2.05) is 0 Å². The van der Waals surface area contributed by atoms with E-state index in [4.69, 9.17) is 4.74 Å². The highest BCUT2D eigenvalue weighted by molar-refractivity contribution is 5.15. The fraction of sp³-hybridized carbons (Fsp3) is 0.750. The second-order valence-corrected chi connectivity index (χ2v) is 6.34. The van der Waals surface area contributed by atoms with Crippen LogP contribution in [0.5, 0.6) is 0 Å². The molecule has 106 valence electrons. The lowest BCUT2D eigenvalue weighted by atomic mass is 9.83. The molecule has 1 aliphatic heterocycles. The molecule has 2 heterocycles. The first-order valence-corrected chi connectivity index (χ1v) is 7.75. The van der Waals surface area contributed by atoms with Crippen LogP contribution in [0.25, 0.3) is 0 Å². The molecule has 1 atom stereocenters. The van der Waals surface area contributed by atoms with Gasteiger partial charge in [-0.1, -0.05) is 19.3 Å². The number of aromatic nitrogens is 1. The molecule has 3 nitrogen and oxygen atoms in total. The maximum absolute atomic E-state index is 6.39. The first-order chi connectivity index (χ1) is 9.19. The lowest BCUT2D eigenvalue weighted by molar-refractivity contribution is -0.0594. The molecule has 0 aromatic carbocycles. The van der Waals surface area contributed by atoms with Gasteiger partial charge in [-0.25, -0.2) is 0 Å². The van der Waals surface area contributed by atoms with Crippen molar-refractivity contribution in [2.75, 3.05) is 12.0 Å². The number of rotatable bonds is 3. The van der Waals surface area contributed by atoms with E-state index in [0.29, 0.717) is 6.10 Å². The van der Waals surface area contributed by atoms with Gasteiger partial charge in [0, 0.05) is 11.4 Å². The summed E-state index contributed by atoms with van der Waals surface area (Å²) in [6, 6.07) is 4.31. The van der Waals surface area contributed by atoms with Crippen LogP contribution in [0.2, 0.25) is 0 Å². The van der Waals surface area contributed by atoms with Gasteiger partial charge in [-0.15, -0.1) is 0 Å². The summed E-state index contributed by atoms with van der Waals surface area (Å²) in [6.45, 7) is 5.20. The Balaban J connectivity index is 1.55. The smallest absolute Gasteiger partial charge is 0.0772 e. The van der Waals surface area contributed by atoms with Gasteiger partial charge in [0.1, 0.15) is 0 Å². The molecule has 1 saturated carbocycles. The number of nitrogens with zero attached hydrogens (tertiary/aromatic N) is 1.